The van der Waals surface area contributed by atoms with E-state index < -0.39 is 11.8 Å². The molecular weight excluding hydrogens is 208 g/mol. The highest BCUT2D eigenvalue weighted by Gasteiger charge is 2.13. The number of rotatable bonds is 3. The van der Waals surface area contributed by atoms with Gasteiger partial charge >= 0.3 is 5.97 Å². The summed E-state index contributed by atoms with van der Waals surface area (Å²) in [5.74, 6) is -1.81. The first-order valence-electron chi connectivity index (χ1n) is 4.68. The molecule has 0 unspecified atom stereocenters. The topological polar surface area (TPSA) is 74.6 Å². The Morgan fingerprint density at radius 2 is 1.69 bits per heavy atom. The molecule has 0 saturated heterocycles. The zero-order valence-corrected chi connectivity index (χ0v) is 9.02. The van der Waals surface area contributed by atoms with Crippen LogP contribution in [0.2, 0.25) is 0 Å². The van der Waals surface area contributed by atoms with Gasteiger partial charge in [0.2, 0.25) is 0 Å². The number of aryl methyl sites for hydroxylation is 2. The fourth-order valence-corrected chi connectivity index (χ4v) is 1.34. The molecule has 16 heavy (non-hydrogen) atoms. The SMILES string of the molecule is Cc1ccc(C)c(C(=O)/C=C/C(=O)O)c1O. The summed E-state index contributed by atoms with van der Waals surface area (Å²) in [4.78, 5) is 21.9. The van der Waals surface area contributed by atoms with Crippen LogP contribution in [0.5, 0.6) is 5.75 Å². The first-order valence-corrected chi connectivity index (χ1v) is 4.68. The number of ketones is 1. The Labute approximate surface area is 92.8 Å². The number of carbonyl (C=O) groups excluding carboxylic acids is 1. The Hall–Kier alpha value is -2.10. The lowest BCUT2D eigenvalue weighted by atomic mass is 10.00. The molecule has 0 aliphatic rings. The number of phenols is 1. The second kappa shape index (κ2) is 4.61. The standard InChI is InChI=1S/C12H12O4/c1-7-3-4-8(2)12(16)11(7)9(13)5-6-10(14)15/h3-6,16H,1-2H3,(H,14,15)/b6-5+. The molecule has 0 aliphatic carbocycles. The molecular formula is C12H12O4. The van der Waals surface area contributed by atoms with Crippen LogP contribution in [-0.2, 0) is 4.79 Å². The van der Waals surface area contributed by atoms with E-state index in [9.17, 15) is 14.7 Å². The van der Waals surface area contributed by atoms with Crippen LogP contribution < -0.4 is 0 Å². The molecule has 0 spiro atoms. The minimum atomic E-state index is -1.20. The molecule has 0 heterocycles. The lowest BCUT2D eigenvalue weighted by molar-refractivity contribution is -0.131. The molecule has 0 fully saturated rings. The Bertz CT molecular complexity index is 472. The highest BCUT2D eigenvalue weighted by atomic mass is 16.4. The van der Waals surface area contributed by atoms with Crippen molar-refractivity contribution in [1.29, 1.82) is 0 Å². The van der Waals surface area contributed by atoms with Gasteiger partial charge in [-0.1, -0.05) is 12.1 Å². The van der Waals surface area contributed by atoms with Gasteiger partial charge in [0.1, 0.15) is 5.75 Å². The zero-order valence-electron chi connectivity index (χ0n) is 9.02. The normalized spacial score (nSPS) is 10.6. The van der Waals surface area contributed by atoms with Crippen LogP contribution in [0, 0.1) is 13.8 Å². The van der Waals surface area contributed by atoms with Gasteiger partial charge in [-0.15, -0.1) is 0 Å². The number of benzene rings is 1. The molecule has 0 bridgehead atoms. The number of allylic oxidation sites excluding steroid dienone is 1. The Balaban J connectivity index is 3.18. The summed E-state index contributed by atoms with van der Waals surface area (Å²) in [6.45, 7) is 3.35. The third-order valence-corrected chi connectivity index (χ3v) is 2.21. The van der Waals surface area contributed by atoms with E-state index in [1.54, 1.807) is 26.0 Å². The van der Waals surface area contributed by atoms with Crippen molar-refractivity contribution in [2.24, 2.45) is 0 Å². The number of hydrogen-bond acceptors (Lipinski definition) is 3. The molecule has 4 nitrogen and oxygen atoms in total. The van der Waals surface area contributed by atoms with Crippen LogP contribution in [0.15, 0.2) is 24.3 Å². The largest absolute Gasteiger partial charge is 0.507 e. The third-order valence-electron chi connectivity index (χ3n) is 2.21. The summed E-state index contributed by atoms with van der Waals surface area (Å²) in [5.41, 5.74) is 1.35. The van der Waals surface area contributed by atoms with Gasteiger partial charge in [0.25, 0.3) is 0 Å². The maximum atomic E-state index is 11.6. The molecule has 0 saturated carbocycles. The summed E-state index contributed by atoms with van der Waals surface area (Å²) < 4.78 is 0. The summed E-state index contributed by atoms with van der Waals surface area (Å²) in [6.07, 6.45) is 1.69. The van der Waals surface area contributed by atoms with E-state index in [0.717, 1.165) is 12.2 Å². The van der Waals surface area contributed by atoms with E-state index in [-0.39, 0.29) is 11.3 Å². The van der Waals surface area contributed by atoms with Crippen LogP contribution in [0.1, 0.15) is 21.5 Å². The number of hydrogen-bond donors (Lipinski definition) is 2. The van der Waals surface area contributed by atoms with E-state index in [0.29, 0.717) is 11.1 Å². The summed E-state index contributed by atoms with van der Waals surface area (Å²) in [6, 6.07) is 3.40. The van der Waals surface area contributed by atoms with Crippen LogP contribution in [0.4, 0.5) is 0 Å². The second-order valence-electron chi connectivity index (χ2n) is 3.46. The molecule has 0 radical (unpaired) electrons. The molecule has 0 aliphatic heterocycles. The van der Waals surface area contributed by atoms with Crippen molar-refractivity contribution < 1.29 is 19.8 Å². The second-order valence-corrected chi connectivity index (χ2v) is 3.46. The molecule has 1 aromatic rings. The highest BCUT2D eigenvalue weighted by molar-refractivity contribution is 6.09. The monoisotopic (exact) mass is 220 g/mol. The van der Waals surface area contributed by atoms with Gasteiger partial charge in [0, 0.05) is 6.08 Å². The maximum Gasteiger partial charge on any atom is 0.328 e. The molecule has 0 amide bonds. The number of carboxylic acids is 1. The van der Waals surface area contributed by atoms with Crippen molar-refractivity contribution in [3.63, 3.8) is 0 Å². The van der Waals surface area contributed by atoms with Crippen LogP contribution in [0.25, 0.3) is 0 Å². The summed E-state index contributed by atoms with van der Waals surface area (Å²) in [7, 11) is 0. The number of carboxylic acid groups (broad SMARTS) is 1. The molecule has 1 rings (SSSR count). The molecule has 4 heteroatoms. The fourth-order valence-electron chi connectivity index (χ4n) is 1.34. The van der Waals surface area contributed by atoms with Crippen LogP contribution in [-0.4, -0.2) is 22.0 Å². The third kappa shape index (κ3) is 2.48. The highest BCUT2D eigenvalue weighted by Crippen LogP contribution is 2.25. The molecule has 1 aromatic carbocycles. The van der Waals surface area contributed by atoms with Crippen molar-refractivity contribution in [2.45, 2.75) is 13.8 Å². The van der Waals surface area contributed by atoms with E-state index in [1.165, 1.54) is 0 Å². The lowest BCUT2D eigenvalue weighted by Crippen LogP contribution is -2.01. The summed E-state index contributed by atoms with van der Waals surface area (Å²) in [5, 5.41) is 18.1. The molecule has 84 valence electrons. The average molecular weight is 220 g/mol. The van der Waals surface area contributed by atoms with Crippen molar-refractivity contribution in [3.05, 3.63) is 41.0 Å². The van der Waals surface area contributed by atoms with Gasteiger partial charge < -0.3 is 10.2 Å². The first-order chi connectivity index (χ1) is 7.43. The lowest BCUT2D eigenvalue weighted by Gasteiger charge is -2.07. The first kappa shape index (κ1) is 12.0. The van der Waals surface area contributed by atoms with Crippen LogP contribution >= 0.6 is 0 Å². The van der Waals surface area contributed by atoms with Gasteiger partial charge in [-0.2, -0.15) is 0 Å². The smallest absolute Gasteiger partial charge is 0.328 e. The quantitative estimate of drug-likeness (QED) is 0.602. The van der Waals surface area contributed by atoms with Gasteiger partial charge in [-0.05, 0) is 31.1 Å². The number of carbonyl (C=O) groups is 2. The van der Waals surface area contributed by atoms with Gasteiger partial charge in [0.05, 0.1) is 5.56 Å². The van der Waals surface area contributed by atoms with Crippen molar-refractivity contribution in [1.82, 2.24) is 0 Å². The minimum Gasteiger partial charge on any atom is -0.507 e. The van der Waals surface area contributed by atoms with Crippen molar-refractivity contribution in [2.75, 3.05) is 0 Å². The molecule has 0 aromatic heterocycles. The van der Waals surface area contributed by atoms with E-state index in [1.807, 2.05) is 0 Å². The van der Waals surface area contributed by atoms with E-state index in [4.69, 9.17) is 5.11 Å². The molecule has 0 atom stereocenters. The van der Waals surface area contributed by atoms with Gasteiger partial charge in [-0.3, -0.25) is 4.79 Å². The minimum absolute atomic E-state index is 0.0972. The Morgan fingerprint density at radius 3 is 2.25 bits per heavy atom. The van der Waals surface area contributed by atoms with Crippen molar-refractivity contribution in [3.8, 4) is 5.75 Å². The predicted molar refractivity (Wildman–Crippen MR) is 58.7 cm³/mol. The molecule has 2 N–H and O–H groups in total. The zero-order chi connectivity index (χ0) is 12.3. The number of aromatic hydroxyl groups is 1. The van der Waals surface area contributed by atoms with E-state index >= 15 is 0 Å². The van der Waals surface area contributed by atoms with Crippen LogP contribution in [0.3, 0.4) is 0 Å². The summed E-state index contributed by atoms with van der Waals surface area (Å²) >= 11 is 0. The van der Waals surface area contributed by atoms with Crippen molar-refractivity contribution >= 4 is 11.8 Å². The predicted octanol–water partition coefficient (Wildman–Crippen LogP) is 1.83. The van der Waals surface area contributed by atoms with Gasteiger partial charge in [0.15, 0.2) is 5.78 Å². The Kier molecular flexibility index (Phi) is 3.45. The number of aliphatic carboxylic acids is 1. The van der Waals surface area contributed by atoms with E-state index in [2.05, 4.69) is 0 Å². The Morgan fingerprint density at radius 1 is 1.12 bits per heavy atom. The number of phenolic OH excluding ortho intramolecular Hbond substituents is 1. The maximum absolute atomic E-state index is 11.6. The average Bonchev–Trinajstić information content (AvgIpc) is 2.21. The van der Waals surface area contributed by atoms with Gasteiger partial charge in [-0.25, -0.2) is 4.79 Å². The fraction of sp³-hybridized carbons (Fsp3) is 0.167.